The third-order valence-corrected chi connectivity index (χ3v) is 6.93. The number of hydrogen-bond acceptors (Lipinski definition) is 4. The van der Waals surface area contributed by atoms with Crippen molar-refractivity contribution in [3.8, 4) is 5.75 Å². The molecule has 0 heterocycles. The average molecular weight is 487 g/mol. The lowest BCUT2D eigenvalue weighted by Gasteiger charge is -2.13. The second-order valence-electron chi connectivity index (χ2n) is 8.20. The molecule has 4 rings (SSSR count). The number of nitrogens with one attached hydrogen (secondary N) is 2. The summed E-state index contributed by atoms with van der Waals surface area (Å²) < 4.78 is 34.3. The molecule has 0 aliphatic heterocycles. The van der Waals surface area contributed by atoms with E-state index in [-0.39, 0.29) is 10.5 Å². The van der Waals surface area contributed by atoms with Crippen LogP contribution in [0.2, 0.25) is 0 Å². The first-order valence-corrected chi connectivity index (χ1v) is 12.6. The van der Waals surface area contributed by atoms with Crippen molar-refractivity contribution in [3.63, 3.8) is 0 Å². The summed E-state index contributed by atoms with van der Waals surface area (Å²) in [5.41, 5.74) is 3.90. The van der Waals surface area contributed by atoms with Gasteiger partial charge in [0.05, 0.1) is 4.90 Å². The van der Waals surface area contributed by atoms with Crippen molar-refractivity contribution in [2.45, 2.75) is 25.3 Å². The monoisotopic (exact) mass is 486 g/mol. The Morgan fingerprint density at radius 3 is 2.14 bits per heavy atom. The molecule has 0 saturated carbocycles. The van der Waals surface area contributed by atoms with Crippen LogP contribution >= 0.6 is 0 Å². The summed E-state index contributed by atoms with van der Waals surface area (Å²) in [6.45, 7) is 4.07. The van der Waals surface area contributed by atoms with E-state index in [2.05, 4.69) is 10.0 Å². The van der Waals surface area contributed by atoms with Gasteiger partial charge in [-0.3, -0.25) is 9.52 Å². The van der Waals surface area contributed by atoms with Gasteiger partial charge in [-0.1, -0.05) is 54.1 Å². The summed E-state index contributed by atoms with van der Waals surface area (Å²) in [6, 6.07) is 28.5. The smallest absolute Gasteiger partial charge is 0.262 e. The Morgan fingerprint density at radius 2 is 1.46 bits per heavy atom. The molecule has 0 spiro atoms. The van der Waals surface area contributed by atoms with Crippen molar-refractivity contribution in [2.24, 2.45) is 0 Å². The van der Waals surface area contributed by atoms with Crippen LogP contribution in [-0.2, 0) is 16.6 Å². The molecule has 178 valence electrons. The lowest BCUT2D eigenvalue weighted by molar-refractivity contribution is 0.102. The number of rotatable bonds is 8. The number of sulfonamides is 1. The van der Waals surface area contributed by atoms with Crippen LogP contribution in [-0.4, -0.2) is 14.3 Å². The van der Waals surface area contributed by atoms with Crippen molar-refractivity contribution < 1.29 is 17.9 Å². The second-order valence-corrected chi connectivity index (χ2v) is 9.86. The minimum atomic E-state index is -3.87. The number of amides is 1. The maximum atomic E-state index is 13.0. The summed E-state index contributed by atoms with van der Waals surface area (Å²) in [7, 11) is -3.87. The van der Waals surface area contributed by atoms with Gasteiger partial charge in [-0.15, -0.1) is 0 Å². The first kappa shape index (κ1) is 24.0. The summed E-state index contributed by atoms with van der Waals surface area (Å²) >= 11 is 0. The van der Waals surface area contributed by atoms with Gasteiger partial charge in [0.1, 0.15) is 12.4 Å². The quantitative estimate of drug-likeness (QED) is 0.323. The molecule has 0 bridgehead atoms. The Hall–Kier alpha value is -4.10. The molecule has 2 N–H and O–H groups in total. The molecule has 0 aromatic heterocycles. The van der Waals surface area contributed by atoms with Crippen molar-refractivity contribution >= 4 is 27.3 Å². The minimum Gasteiger partial charge on any atom is -0.489 e. The molecule has 4 aromatic carbocycles. The normalized spacial score (nSPS) is 11.0. The fourth-order valence-corrected chi connectivity index (χ4v) is 4.77. The number of ether oxygens (including phenoxy) is 1. The zero-order valence-electron chi connectivity index (χ0n) is 19.5. The van der Waals surface area contributed by atoms with Gasteiger partial charge in [-0.2, -0.15) is 0 Å². The van der Waals surface area contributed by atoms with Crippen LogP contribution in [0.1, 0.15) is 27.0 Å². The van der Waals surface area contributed by atoms with Crippen LogP contribution in [0.3, 0.4) is 0 Å². The summed E-state index contributed by atoms with van der Waals surface area (Å²) in [4.78, 5) is 12.9. The highest BCUT2D eigenvalue weighted by atomic mass is 32.2. The van der Waals surface area contributed by atoms with Gasteiger partial charge in [0.15, 0.2) is 0 Å². The van der Waals surface area contributed by atoms with Crippen LogP contribution in [0.25, 0.3) is 0 Å². The number of aryl methyl sites for hydroxylation is 2. The highest BCUT2D eigenvalue weighted by Gasteiger charge is 2.19. The Kier molecular flexibility index (Phi) is 7.17. The zero-order chi connectivity index (χ0) is 24.8. The molecule has 1 amide bonds. The molecule has 0 atom stereocenters. The Morgan fingerprint density at radius 1 is 0.800 bits per heavy atom. The van der Waals surface area contributed by atoms with Crippen molar-refractivity contribution in [3.05, 3.63) is 119 Å². The molecule has 7 heteroatoms. The van der Waals surface area contributed by atoms with Gasteiger partial charge in [-0.25, -0.2) is 8.42 Å². The maximum absolute atomic E-state index is 13.0. The Bertz CT molecular complexity index is 1420. The topological polar surface area (TPSA) is 84.5 Å². The lowest BCUT2D eigenvalue weighted by atomic mass is 10.1. The van der Waals surface area contributed by atoms with Crippen molar-refractivity contribution in [1.29, 1.82) is 0 Å². The molecule has 6 nitrogen and oxygen atoms in total. The standard InChI is InChI=1S/C28H26N2O4S/c1-20-8-12-25(13-9-20)30-35(32,33)27-18-23(11-10-21(27)2)28(31)29-24-14-16-26(17-15-24)34-19-22-6-4-3-5-7-22/h3-18,30H,19H2,1-2H3,(H,29,31). The third kappa shape index (κ3) is 6.28. The number of carbonyl (C=O) groups excluding carboxylic acids is 1. The molecule has 0 aliphatic carbocycles. The average Bonchev–Trinajstić information content (AvgIpc) is 2.85. The lowest BCUT2D eigenvalue weighted by Crippen LogP contribution is -2.17. The molecule has 0 saturated heterocycles. The van der Waals surface area contributed by atoms with Crippen LogP contribution in [0.5, 0.6) is 5.75 Å². The van der Waals surface area contributed by atoms with Crippen molar-refractivity contribution in [1.82, 2.24) is 0 Å². The summed E-state index contributed by atoms with van der Waals surface area (Å²) in [6.07, 6.45) is 0. The fourth-order valence-electron chi connectivity index (χ4n) is 3.44. The minimum absolute atomic E-state index is 0.0513. The molecule has 0 unspecified atom stereocenters. The van der Waals surface area contributed by atoms with E-state index in [0.29, 0.717) is 29.3 Å². The molecule has 0 aliphatic rings. The van der Waals surface area contributed by atoms with E-state index in [4.69, 9.17) is 4.74 Å². The molecular weight excluding hydrogens is 460 g/mol. The molecule has 0 radical (unpaired) electrons. The van der Waals surface area contributed by atoms with Gasteiger partial charge in [0, 0.05) is 16.9 Å². The van der Waals surface area contributed by atoms with Gasteiger partial charge in [-0.05, 0) is 73.5 Å². The van der Waals surface area contributed by atoms with Gasteiger partial charge < -0.3 is 10.1 Å². The van der Waals surface area contributed by atoms with Crippen molar-refractivity contribution in [2.75, 3.05) is 10.0 Å². The fraction of sp³-hybridized carbons (Fsp3) is 0.107. The van der Waals surface area contributed by atoms with E-state index in [9.17, 15) is 13.2 Å². The first-order valence-electron chi connectivity index (χ1n) is 11.1. The third-order valence-electron chi connectivity index (χ3n) is 5.40. The van der Waals surface area contributed by atoms with Crippen LogP contribution in [0.4, 0.5) is 11.4 Å². The molecule has 4 aromatic rings. The zero-order valence-corrected chi connectivity index (χ0v) is 20.3. The SMILES string of the molecule is Cc1ccc(NS(=O)(=O)c2cc(C(=O)Nc3ccc(OCc4ccccc4)cc3)ccc2C)cc1. The highest BCUT2D eigenvalue weighted by molar-refractivity contribution is 7.92. The summed E-state index contributed by atoms with van der Waals surface area (Å²) in [5, 5.41) is 2.80. The van der Waals surface area contributed by atoms with Crippen LogP contribution in [0.15, 0.2) is 102 Å². The van der Waals surface area contributed by atoms with E-state index in [1.807, 2.05) is 49.4 Å². The number of carbonyl (C=O) groups is 1. The largest absolute Gasteiger partial charge is 0.489 e. The van der Waals surface area contributed by atoms with E-state index < -0.39 is 15.9 Å². The number of benzene rings is 4. The summed E-state index contributed by atoms with van der Waals surface area (Å²) in [5.74, 6) is 0.271. The predicted octanol–water partition coefficient (Wildman–Crippen LogP) is 5.94. The predicted molar refractivity (Wildman–Crippen MR) is 138 cm³/mol. The maximum Gasteiger partial charge on any atom is 0.262 e. The van der Waals surface area contributed by atoms with Crippen LogP contribution < -0.4 is 14.8 Å². The van der Waals surface area contributed by atoms with Gasteiger partial charge >= 0.3 is 0 Å². The first-order chi connectivity index (χ1) is 16.8. The van der Waals surface area contributed by atoms with E-state index in [1.54, 1.807) is 55.5 Å². The van der Waals surface area contributed by atoms with E-state index in [1.165, 1.54) is 6.07 Å². The van der Waals surface area contributed by atoms with E-state index >= 15 is 0 Å². The molecule has 35 heavy (non-hydrogen) atoms. The van der Waals surface area contributed by atoms with Gasteiger partial charge in [0.25, 0.3) is 15.9 Å². The molecule has 0 fully saturated rings. The highest BCUT2D eigenvalue weighted by Crippen LogP contribution is 2.23. The van der Waals surface area contributed by atoms with Crippen LogP contribution in [0, 0.1) is 13.8 Å². The Labute approximate surface area is 205 Å². The number of hydrogen-bond donors (Lipinski definition) is 2. The Balaban J connectivity index is 1.44. The second kappa shape index (κ2) is 10.4. The molecular formula is C28H26N2O4S. The van der Waals surface area contributed by atoms with Gasteiger partial charge in [0.2, 0.25) is 0 Å². The van der Waals surface area contributed by atoms with E-state index in [0.717, 1.165) is 11.1 Å². The number of anilines is 2.